The van der Waals surface area contributed by atoms with Crippen LogP contribution in [0.4, 0.5) is 11.4 Å². The van der Waals surface area contributed by atoms with E-state index < -0.39 is 10.8 Å². The Kier molecular flexibility index (Phi) is 6.85. The van der Waals surface area contributed by atoms with Crippen molar-refractivity contribution in [1.29, 1.82) is 5.26 Å². The van der Waals surface area contributed by atoms with E-state index in [1.54, 1.807) is 24.3 Å². The van der Waals surface area contributed by atoms with E-state index in [4.69, 9.17) is 0 Å². The van der Waals surface area contributed by atoms with E-state index in [-0.39, 0.29) is 11.3 Å². The van der Waals surface area contributed by atoms with Crippen molar-refractivity contribution >= 4 is 35.1 Å². The van der Waals surface area contributed by atoms with Crippen molar-refractivity contribution < 1.29 is 9.72 Å². The predicted molar refractivity (Wildman–Crippen MR) is 122 cm³/mol. The summed E-state index contributed by atoms with van der Waals surface area (Å²) in [5.74, 6) is -0.577. The van der Waals surface area contributed by atoms with E-state index in [1.807, 2.05) is 56.3 Å². The maximum Gasteiger partial charge on any atom is 0.283 e. The van der Waals surface area contributed by atoms with E-state index >= 15 is 0 Å². The van der Waals surface area contributed by atoms with Crippen LogP contribution in [-0.4, -0.2) is 10.8 Å². The van der Waals surface area contributed by atoms with Crippen molar-refractivity contribution in [2.45, 2.75) is 23.6 Å². The Morgan fingerprint density at radius 1 is 1.03 bits per heavy atom. The molecule has 3 aromatic rings. The minimum atomic E-state index is -0.577. The highest BCUT2D eigenvalue weighted by Gasteiger charge is 2.17. The molecule has 154 valence electrons. The molecule has 1 N–H and O–H groups in total. The van der Waals surface area contributed by atoms with Crippen LogP contribution in [0.5, 0.6) is 0 Å². The molecule has 0 saturated heterocycles. The molecule has 0 heterocycles. The van der Waals surface area contributed by atoms with Crippen molar-refractivity contribution in [2.75, 3.05) is 5.32 Å². The lowest BCUT2D eigenvalue weighted by molar-refractivity contribution is -0.387. The van der Waals surface area contributed by atoms with E-state index in [0.717, 1.165) is 16.0 Å². The van der Waals surface area contributed by atoms with Crippen molar-refractivity contribution in [1.82, 2.24) is 0 Å². The molecule has 0 bridgehead atoms. The molecule has 0 aliphatic rings. The Morgan fingerprint density at radius 2 is 1.65 bits per heavy atom. The first-order chi connectivity index (χ1) is 14.9. The summed E-state index contributed by atoms with van der Waals surface area (Å²) in [6.45, 7) is 3.90. The summed E-state index contributed by atoms with van der Waals surface area (Å²) in [6.07, 6.45) is 1.34. The number of carbonyl (C=O) groups is 1. The number of hydrogen-bond donors (Lipinski definition) is 1. The highest BCUT2D eigenvalue weighted by atomic mass is 32.2. The molecule has 31 heavy (non-hydrogen) atoms. The third kappa shape index (κ3) is 5.81. The van der Waals surface area contributed by atoms with Crippen LogP contribution >= 0.6 is 11.8 Å². The highest BCUT2D eigenvalue weighted by molar-refractivity contribution is 7.99. The fourth-order valence-electron chi connectivity index (χ4n) is 2.74. The molecule has 0 aliphatic heterocycles. The number of hydrogen-bond acceptors (Lipinski definition) is 5. The number of amides is 1. The SMILES string of the molecule is Cc1ccc(NC(=O)/C(C#N)=C\c2ccc(Sc3ccc(C)cc3)c([N+](=O)[O-])c2)cc1. The number of nitrogens with zero attached hydrogens (tertiary/aromatic N) is 2. The maximum atomic E-state index is 12.4. The van der Waals surface area contributed by atoms with Gasteiger partial charge in [0.1, 0.15) is 11.6 Å². The van der Waals surface area contributed by atoms with Gasteiger partial charge in [-0.15, -0.1) is 0 Å². The molecular formula is C24H19N3O3S. The number of rotatable bonds is 6. The lowest BCUT2D eigenvalue weighted by Crippen LogP contribution is -2.13. The van der Waals surface area contributed by atoms with Crippen LogP contribution in [0.1, 0.15) is 16.7 Å². The normalized spacial score (nSPS) is 10.9. The van der Waals surface area contributed by atoms with E-state index in [2.05, 4.69) is 5.32 Å². The first-order valence-electron chi connectivity index (χ1n) is 9.38. The summed E-state index contributed by atoms with van der Waals surface area (Å²) >= 11 is 1.29. The number of aryl methyl sites for hydroxylation is 2. The second-order valence-corrected chi connectivity index (χ2v) is 8.00. The number of carbonyl (C=O) groups excluding carboxylic acids is 1. The van der Waals surface area contributed by atoms with Gasteiger partial charge in [-0.1, -0.05) is 53.2 Å². The van der Waals surface area contributed by atoms with Gasteiger partial charge >= 0.3 is 0 Å². The smallest absolute Gasteiger partial charge is 0.283 e. The van der Waals surface area contributed by atoms with Gasteiger partial charge in [-0.2, -0.15) is 5.26 Å². The minimum absolute atomic E-state index is 0.0874. The van der Waals surface area contributed by atoms with Gasteiger partial charge in [-0.3, -0.25) is 14.9 Å². The number of benzene rings is 3. The minimum Gasteiger partial charge on any atom is -0.321 e. The van der Waals surface area contributed by atoms with Gasteiger partial charge in [-0.05, 0) is 55.8 Å². The topological polar surface area (TPSA) is 96.0 Å². The van der Waals surface area contributed by atoms with Gasteiger partial charge in [0, 0.05) is 16.6 Å². The molecule has 6 nitrogen and oxygen atoms in total. The van der Waals surface area contributed by atoms with Gasteiger partial charge < -0.3 is 5.32 Å². The Labute approximate surface area is 184 Å². The average Bonchev–Trinajstić information content (AvgIpc) is 2.75. The Balaban J connectivity index is 1.85. The summed E-state index contributed by atoms with van der Waals surface area (Å²) in [7, 11) is 0. The largest absolute Gasteiger partial charge is 0.321 e. The van der Waals surface area contributed by atoms with Gasteiger partial charge in [0.15, 0.2) is 0 Å². The lowest BCUT2D eigenvalue weighted by atomic mass is 10.1. The van der Waals surface area contributed by atoms with Crippen LogP contribution < -0.4 is 5.32 Å². The highest BCUT2D eigenvalue weighted by Crippen LogP contribution is 2.35. The standard InChI is InChI=1S/C24H19N3O3S/c1-16-3-8-20(9-4-16)26-24(28)19(15-25)13-18-7-12-23(22(14-18)27(29)30)31-21-10-5-17(2)6-11-21/h3-14H,1-2H3,(H,26,28)/b19-13-. The van der Waals surface area contributed by atoms with Crippen molar-refractivity contribution in [3.63, 3.8) is 0 Å². The van der Waals surface area contributed by atoms with Crippen LogP contribution in [0.15, 0.2) is 82.1 Å². The second-order valence-electron chi connectivity index (χ2n) is 6.89. The average molecular weight is 430 g/mol. The monoisotopic (exact) mass is 429 g/mol. The summed E-state index contributed by atoms with van der Waals surface area (Å²) in [5, 5.41) is 23.7. The van der Waals surface area contributed by atoms with Crippen LogP contribution in [-0.2, 0) is 4.79 Å². The maximum absolute atomic E-state index is 12.4. The molecule has 1 amide bonds. The molecule has 3 rings (SSSR count). The Hall–Kier alpha value is -3.89. The summed E-state index contributed by atoms with van der Waals surface area (Å²) in [6, 6.07) is 21.4. The zero-order valence-electron chi connectivity index (χ0n) is 17.0. The zero-order valence-corrected chi connectivity index (χ0v) is 17.8. The molecule has 0 radical (unpaired) electrons. The number of nitriles is 1. The fraction of sp³-hybridized carbons (Fsp3) is 0.0833. The number of anilines is 1. The predicted octanol–water partition coefficient (Wildman–Crippen LogP) is 5.91. The quantitative estimate of drug-likeness (QED) is 0.227. The lowest BCUT2D eigenvalue weighted by Gasteiger charge is -2.06. The second kappa shape index (κ2) is 9.74. The van der Waals surface area contributed by atoms with E-state index in [0.29, 0.717) is 16.1 Å². The van der Waals surface area contributed by atoms with Crippen LogP contribution in [0, 0.1) is 35.3 Å². The number of nitro groups is 1. The molecule has 0 unspecified atom stereocenters. The molecule has 7 heteroatoms. The molecule has 0 aliphatic carbocycles. The third-order valence-electron chi connectivity index (χ3n) is 4.41. The summed E-state index contributed by atoms with van der Waals surface area (Å²) < 4.78 is 0. The van der Waals surface area contributed by atoms with Gasteiger partial charge in [0.05, 0.1) is 9.82 Å². The van der Waals surface area contributed by atoms with E-state index in [9.17, 15) is 20.2 Å². The number of nitro benzene ring substituents is 1. The van der Waals surface area contributed by atoms with E-state index in [1.165, 1.54) is 23.9 Å². The van der Waals surface area contributed by atoms with Crippen LogP contribution in [0.3, 0.4) is 0 Å². The van der Waals surface area contributed by atoms with Crippen molar-refractivity contribution in [3.05, 3.63) is 99.1 Å². The van der Waals surface area contributed by atoms with Gasteiger partial charge in [-0.25, -0.2) is 0 Å². The molecular weight excluding hydrogens is 410 g/mol. The molecule has 0 fully saturated rings. The first-order valence-corrected chi connectivity index (χ1v) is 10.2. The molecule has 0 saturated carbocycles. The summed E-state index contributed by atoms with van der Waals surface area (Å²) in [5.41, 5.74) is 2.88. The Bertz CT molecular complexity index is 1190. The molecule has 0 spiro atoms. The van der Waals surface area contributed by atoms with Crippen LogP contribution in [0.25, 0.3) is 6.08 Å². The van der Waals surface area contributed by atoms with Gasteiger partial charge in [0.2, 0.25) is 0 Å². The fourth-order valence-corrected chi connectivity index (χ4v) is 3.64. The van der Waals surface area contributed by atoms with Crippen LogP contribution in [0.2, 0.25) is 0 Å². The summed E-state index contributed by atoms with van der Waals surface area (Å²) in [4.78, 5) is 24.9. The van der Waals surface area contributed by atoms with Crippen molar-refractivity contribution in [3.8, 4) is 6.07 Å². The third-order valence-corrected chi connectivity index (χ3v) is 5.49. The van der Waals surface area contributed by atoms with Gasteiger partial charge in [0.25, 0.3) is 11.6 Å². The molecule has 0 atom stereocenters. The zero-order chi connectivity index (χ0) is 22.4. The molecule has 0 aromatic heterocycles. The van der Waals surface area contributed by atoms with Crippen molar-refractivity contribution in [2.24, 2.45) is 0 Å². The first kappa shape index (κ1) is 21.8. The number of nitrogens with one attached hydrogen (secondary N) is 1. The Morgan fingerprint density at radius 3 is 2.23 bits per heavy atom. The molecule has 3 aromatic carbocycles.